The quantitative estimate of drug-likeness (QED) is 0.618. The number of benzene rings is 2. The van der Waals surface area contributed by atoms with Crippen molar-refractivity contribution in [2.45, 2.75) is 31.3 Å². The number of rotatable bonds is 7. The summed E-state index contributed by atoms with van der Waals surface area (Å²) >= 11 is 3.35. The largest absolute Gasteiger partial charge is 0.355 e. The Morgan fingerprint density at radius 3 is 2.39 bits per heavy atom. The molecule has 3 rings (SSSR count). The molecule has 0 aliphatic carbocycles. The molecule has 2 aromatic rings. The molecule has 164 valence electrons. The molecule has 3 amide bonds. The zero-order valence-corrected chi connectivity index (χ0v) is 19.4. The maximum atomic E-state index is 13.2. The van der Waals surface area contributed by atoms with Crippen molar-refractivity contribution in [1.29, 1.82) is 0 Å². The van der Waals surface area contributed by atoms with E-state index in [-0.39, 0.29) is 22.9 Å². The van der Waals surface area contributed by atoms with E-state index in [1.165, 1.54) is 23.1 Å². The van der Waals surface area contributed by atoms with E-state index in [4.69, 9.17) is 0 Å². The number of likely N-dealkylation sites (N-methyl/N-ethyl adjacent to an activating group) is 1. The smallest absolute Gasteiger partial charge is 0.269 e. The first-order chi connectivity index (χ1) is 14.7. The van der Waals surface area contributed by atoms with E-state index in [1.807, 2.05) is 0 Å². The Morgan fingerprint density at radius 2 is 1.77 bits per heavy atom. The highest BCUT2D eigenvalue weighted by Gasteiger charge is 2.43. The van der Waals surface area contributed by atoms with Gasteiger partial charge in [-0.3, -0.25) is 14.4 Å². The molecule has 1 N–H and O–H groups in total. The van der Waals surface area contributed by atoms with Crippen LogP contribution in [-0.2, 0) is 26.2 Å². The Labute approximate surface area is 189 Å². The first-order valence-corrected chi connectivity index (χ1v) is 11.9. The third kappa shape index (κ3) is 4.64. The van der Waals surface area contributed by atoms with Crippen LogP contribution >= 0.6 is 15.9 Å². The second kappa shape index (κ2) is 9.19. The van der Waals surface area contributed by atoms with Gasteiger partial charge in [-0.05, 0) is 43.7 Å². The van der Waals surface area contributed by atoms with Crippen molar-refractivity contribution in [2.75, 3.05) is 13.1 Å². The maximum Gasteiger partial charge on any atom is 0.269 e. The maximum absolute atomic E-state index is 13.2. The van der Waals surface area contributed by atoms with Gasteiger partial charge < -0.3 is 10.2 Å². The fraction of sp³-hybridized carbons (Fsp3) is 0.286. The molecular weight excluding hydrogens is 486 g/mol. The van der Waals surface area contributed by atoms with Crippen molar-refractivity contribution >= 4 is 43.7 Å². The number of carbonyl (C=O) groups is 3. The molecule has 2 aromatic carbocycles. The van der Waals surface area contributed by atoms with Gasteiger partial charge in [-0.1, -0.05) is 40.2 Å². The van der Waals surface area contributed by atoms with Crippen molar-refractivity contribution in [3.63, 3.8) is 0 Å². The average molecular weight is 508 g/mol. The lowest BCUT2D eigenvalue weighted by Gasteiger charge is -2.30. The van der Waals surface area contributed by atoms with Crippen LogP contribution in [0.4, 0.5) is 0 Å². The molecule has 0 fully saturated rings. The lowest BCUT2D eigenvalue weighted by molar-refractivity contribution is -0.140. The topological polar surface area (TPSA) is 104 Å². The number of carbonyl (C=O) groups excluding carboxylic acids is 3. The fourth-order valence-electron chi connectivity index (χ4n) is 3.29. The highest BCUT2D eigenvalue weighted by Crippen LogP contribution is 2.30. The van der Waals surface area contributed by atoms with Crippen LogP contribution in [0.2, 0.25) is 0 Å². The Balaban J connectivity index is 1.88. The van der Waals surface area contributed by atoms with Crippen LogP contribution in [0.3, 0.4) is 0 Å². The molecule has 0 saturated heterocycles. The molecule has 10 heteroatoms. The second-order valence-electron chi connectivity index (χ2n) is 7.03. The third-order valence-corrected chi connectivity index (χ3v) is 7.29. The minimum atomic E-state index is -4.13. The van der Waals surface area contributed by atoms with E-state index >= 15 is 0 Å². The third-order valence-electron chi connectivity index (χ3n) is 4.98. The molecule has 0 radical (unpaired) electrons. The average Bonchev–Trinajstić information content (AvgIpc) is 2.94. The summed E-state index contributed by atoms with van der Waals surface area (Å²) in [5, 5.41) is 2.67. The molecule has 0 spiro atoms. The lowest BCUT2D eigenvalue weighted by atomic mass is 10.1. The first-order valence-electron chi connectivity index (χ1n) is 9.64. The molecule has 0 aromatic heterocycles. The summed E-state index contributed by atoms with van der Waals surface area (Å²) in [6.07, 6.45) is 0. The van der Waals surface area contributed by atoms with Gasteiger partial charge in [-0.2, -0.15) is 0 Å². The van der Waals surface area contributed by atoms with E-state index in [1.54, 1.807) is 44.2 Å². The second-order valence-corrected chi connectivity index (χ2v) is 9.78. The summed E-state index contributed by atoms with van der Waals surface area (Å²) < 4.78 is 27.0. The highest BCUT2D eigenvalue weighted by atomic mass is 79.9. The monoisotopic (exact) mass is 507 g/mol. The summed E-state index contributed by atoms with van der Waals surface area (Å²) in [5.74, 6) is -1.77. The van der Waals surface area contributed by atoms with Gasteiger partial charge in [0.2, 0.25) is 11.8 Å². The van der Waals surface area contributed by atoms with Gasteiger partial charge in [0.15, 0.2) is 0 Å². The molecule has 1 heterocycles. The number of halogens is 1. The minimum absolute atomic E-state index is 0.0338. The van der Waals surface area contributed by atoms with Crippen LogP contribution in [0.15, 0.2) is 57.9 Å². The van der Waals surface area contributed by atoms with E-state index in [0.29, 0.717) is 10.8 Å². The van der Waals surface area contributed by atoms with Crippen LogP contribution in [0, 0.1) is 0 Å². The zero-order chi connectivity index (χ0) is 22.8. The van der Waals surface area contributed by atoms with Gasteiger partial charge in [0, 0.05) is 17.6 Å². The van der Waals surface area contributed by atoms with Crippen molar-refractivity contribution in [3.05, 3.63) is 64.1 Å². The summed E-state index contributed by atoms with van der Waals surface area (Å²) in [5.41, 5.74) is 0.790. The lowest BCUT2D eigenvalue weighted by Crippen LogP contribution is -2.51. The van der Waals surface area contributed by atoms with Crippen molar-refractivity contribution in [2.24, 2.45) is 0 Å². The van der Waals surface area contributed by atoms with Gasteiger partial charge in [-0.25, -0.2) is 12.7 Å². The molecular formula is C21H22BrN3O5S. The molecule has 8 nitrogen and oxygen atoms in total. The van der Waals surface area contributed by atoms with Crippen molar-refractivity contribution < 1.29 is 22.8 Å². The molecule has 1 aliphatic rings. The molecule has 1 aliphatic heterocycles. The van der Waals surface area contributed by atoms with Crippen molar-refractivity contribution in [3.8, 4) is 0 Å². The van der Waals surface area contributed by atoms with Gasteiger partial charge in [-0.15, -0.1) is 0 Å². The highest BCUT2D eigenvalue weighted by molar-refractivity contribution is 9.10. The van der Waals surface area contributed by atoms with Crippen LogP contribution < -0.4 is 5.32 Å². The number of fused-ring (bicyclic) bond motifs is 1. The van der Waals surface area contributed by atoms with Crippen LogP contribution in [-0.4, -0.2) is 54.5 Å². The minimum Gasteiger partial charge on any atom is -0.355 e. The SMILES string of the molecule is CCNC(=O)[C@@H](C)N(Cc1ccc(Br)cc1)C(=O)CN1C(=O)c2ccccc2S1(=O)=O. The summed E-state index contributed by atoms with van der Waals surface area (Å²) in [7, 11) is -4.13. The van der Waals surface area contributed by atoms with E-state index in [9.17, 15) is 22.8 Å². The standard InChI is InChI=1S/C21H22BrN3O5S/c1-3-23-20(27)14(2)24(12-15-8-10-16(22)11-9-15)19(26)13-25-21(28)17-6-4-5-7-18(17)31(25,29)30/h4-11,14H,3,12-13H2,1-2H3,(H,23,27)/t14-/m1/s1. The Hall–Kier alpha value is -2.72. The van der Waals surface area contributed by atoms with Crippen LogP contribution in [0.25, 0.3) is 0 Å². The number of hydrogen-bond acceptors (Lipinski definition) is 5. The van der Waals surface area contributed by atoms with Gasteiger partial charge in [0.25, 0.3) is 15.9 Å². The predicted molar refractivity (Wildman–Crippen MR) is 118 cm³/mol. The first kappa shape index (κ1) is 23.0. The van der Waals surface area contributed by atoms with Gasteiger partial charge >= 0.3 is 0 Å². The summed E-state index contributed by atoms with van der Waals surface area (Å²) in [6, 6.07) is 12.2. The molecule has 31 heavy (non-hydrogen) atoms. The normalized spacial score (nSPS) is 15.3. The Morgan fingerprint density at radius 1 is 1.13 bits per heavy atom. The summed E-state index contributed by atoms with van der Waals surface area (Å²) in [4.78, 5) is 39.4. The number of nitrogens with one attached hydrogen (secondary N) is 1. The molecule has 0 unspecified atom stereocenters. The van der Waals surface area contributed by atoms with E-state index in [2.05, 4.69) is 21.2 Å². The molecule has 0 bridgehead atoms. The van der Waals surface area contributed by atoms with Gasteiger partial charge in [0.05, 0.1) is 5.56 Å². The Bertz CT molecular complexity index is 1120. The number of hydrogen-bond donors (Lipinski definition) is 1. The Kier molecular flexibility index (Phi) is 6.80. The van der Waals surface area contributed by atoms with Crippen LogP contribution in [0.1, 0.15) is 29.8 Å². The molecule has 1 atom stereocenters. The number of nitrogens with zero attached hydrogens (tertiary/aromatic N) is 2. The van der Waals surface area contributed by atoms with E-state index < -0.39 is 34.4 Å². The molecule has 0 saturated carbocycles. The summed E-state index contributed by atoms with van der Waals surface area (Å²) in [6.45, 7) is 3.11. The number of sulfonamides is 1. The van der Waals surface area contributed by atoms with E-state index in [0.717, 1.165) is 10.0 Å². The zero-order valence-electron chi connectivity index (χ0n) is 17.0. The fourth-order valence-corrected chi connectivity index (χ4v) is 5.07. The predicted octanol–water partition coefficient (Wildman–Crippen LogP) is 2.15. The number of amides is 3. The van der Waals surface area contributed by atoms with Crippen molar-refractivity contribution in [1.82, 2.24) is 14.5 Å². The van der Waals surface area contributed by atoms with Crippen LogP contribution in [0.5, 0.6) is 0 Å². The van der Waals surface area contributed by atoms with Gasteiger partial charge in [0.1, 0.15) is 17.5 Å².